The van der Waals surface area contributed by atoms with Gasteiger partial charge >= 0.3 is 5.97 Å². The number of ether oxygens (including phenoxy) is 1. The first-order chi connectivity index (χ1) is 13.7. The van der Waals surface area contributed by atoms with Crippen molar-refractivity contribution < 1.29 is 14.3 Å². The molecule has 0 aromatic heterocycles. The molecule has 0 unspecified atom stereocenters. The fourth-order valence-corrected chi connectivity index (χ4v) is 4.21. The van der Waals surface area contributed by atoms with Gasteiger partial charge < -0.3 is 4.74 Å². The van der Waals surface area contributed by atoms with E-state index in [-0.39, 0.29) is 12.0 Å². The van der Waals surface area contributed by atoms with Crippen LogP contribution in [-0.2, 0) is 16.0 Å². The molecule has 0 amide bonds. The van der Waals surface area contributed by atoms with Crippen LogP contribution >= 0.6 is 0 Å². The molecule has 3 heteroatoms. The Bertz CT molecular complexity index is 972. The van der Waals surface area contributed by atoms with Crippen LogP contribution in [0.3, 0.4) is 0 Å². The number of benzene rings is 3. The number of hydrogen-bond acceptors (Lipinski definition) is 3. The Balaban J connectivity index is 1.50. The number of hydrogen-bond donors (Lipinski definition) is 0. The van der Waals surface area contributed by atoms with Gasteiger partial charge in [0, 0.05) is 11.5 Å². The van der Waals surface area contributed by atoms with Gasteiger partial charge in [-0.3, -0.25) is 4.79 Å². The van der Waals surface area contributed by atoms with Gasteiger partial charge in [-0.15, -0.1) is 0 Å². The van der Waals surface area contributed by atoms with Crippen LogP contribution in [-0.4, -0.2) is 17.9 Å². The first-order valence-electron chi connectivity index (χ1n) is 9.99. The largest absolute Gasteiger partial charge is 0.456 e. The molecule has 1 aliphatic carbocycles. The van der Waals surface area contributed by atoms with E-state index >= 15 is 0 Å². The topological polar surface area (TPSA) is 43.4 Å². The van der Waals surface area contributed by atoms with E-state index in [0.29, 0.717) is 5.56 Å². The molecule has 3 aromatic carbocycles. The fraction of sp³-hybridized carbons (Fsp3) is 0.280. The van der Waals surface area contributed by atoms with E-state index in [9.17, 15) is 9.59 Å². The van der Waals surface area contributed by atoms with Gasteiger partial charge in [-0.1, -0.05) is 79.2 Å². The summed E-state index contributed by atoms with van der Waals surface area (Å²) in [5.41, 5.74) is 1.66. The minimum atomic E-state index is -0.735. The number of rotatable bonds is 5. The minimum absolute atomic E-state index is 0.201. The Labute approximate surface area is 165 Å². The summed E-state index contributed by atoms with van der Waals surface area (Å²) in [6, 6.07) is 23.4. The highest BCUT2D eigenvalue weighted by Gasteiger charge is 2.31. The van der Waals surface area contributed by atoms with Crippen LogP contribution in [0.1, 0.15) is 41.6 Å². The number of Topliss-reactive ketones (excluding diaryl/α,β-unsaturated/α-hetero) is 1. The molecule has 4 rings (SSSR count). The zero-order valence-electron chi connectivity index (χ0n) is 15.8. The number of carbonyl (C=O) groups excluding carboxylic acids is 2. The summed E-state index contributed by atoms with van der Waals surface area (Å²) in [6.45, 7) is 0. The maximum atomic E-state index is 12.5. The molecule has 0 saturated heterocycles. The summed E-state index contributed by atoms with van der Waals surface area (Å²) in [7, 11) is 0. The van der Waals surface area contributed by atoms with Gasteiger partial charge in [0.05, 0.1) is 0 Å². The maximum absolute atomic E-state index is 12.5. The van der Waals surface area contributed by atoms with Crippen LogP contribution in [0.2, 0.25) is 0 Å². The highest BCUT2D eigenvalue weighted by atomic mass is 16.5. The molecule has 0 aliphatic heterocycles. The van der Waals surface area contributed by atoms with Crippen molar-refractivity contribution in [1.82, 2.24) is 0 Å². The molecule has 0 spiro atoms. The van der Waals surface area contributed by atoms with Crippen LogP contribution in [0.15, 0.2) is 72.8 Å². The lowest BCUT2D eigenvalue weighted by molar-refractivity contribution is -0.147. The molecule has 1 fully saturated rings. The zero-order valence-corrected chi connectivity index (χ0v) is 15.8. The highest BCUT2D eigenvalue weighted by molar-refractivity contribution is 6.40. The maximum Gasteiger partial charge on any atom is 0.379 e. The standard InChI is InChI=1S/C25H24O3/c26-24(19-10-2-1-3-11-19)25(27)28-23-16-7-5-12-21(23)17-20-14-8-13-18-9-4-6-15-22(18)20/h1-4,6,8-11,13-15,21,23H,5,7,12,16-17H2/t21-,23+/m1/s1. The number of carbonyl (C=O) groups is 2. The van der Waals surface area contributed by atoms with Gasteiger partial charge in [-0.05, 0) is 42.0 Å². The number of fused-ring (bicyclic) bond motifs is 1. The smallest absolute Gasteiger partial charge is 0.379 e. The Morgan fingerprint density at radius 3 is 2.39 bits per heavy atom. The predicted octanol–water partition coefficient (Wildman–Crippen LogP) is 5.37. The lowest BCUT2D eigenvalue weighted by atomic mass is 9.81. The SMILES string of the molecule is O=C(O[C@H]1CCCC[C@@H]1Cc1cccc2ccccc12)C(=O)c1ccccc1. The predicted molar refractivity (Wildman–Crippen MR) is 110 cm³/mol. The summed E-state index contributed by atoms with van der Waals surface area (Å²) in [5, 5.41) is 2.48. The van der Waals surface area contributed by atoms with Crippen molar-refractivity contribution in [3.63, 3.8) is 0 Å². The van der Waals surface area contributed by atoms with Gasteiger partial charge in [0.2, 0.25) is 0 Å². The van der Waals surface area contributed by atoms with Gasteiger partial charge in [0.1, 0.15) is 6.10 Å². The molecule has 3 aromatic rings. The van der Waals surface area contributed by atoms with Crippen molar-refractivity contribution in [3.8, 4) is 0 Å². The molecule has 0 radical (unpaired) electrons. The zero-order chi connectivity index (χ0) is 19.3. The second kappa shape index (κ2) is 8.39. The van der Waals surface area contributed by atoms with E-state index in [4.69, 9.17) is 4.74 Å². The minimum Gasteiger partial charge on any atom is -0.456 e. The van der Waals surface area contributed by atoms with E-state index < -0.39 is 11.8 Å². The second-order valence-corrected chi connectivity index (χ2v) is 7.53. The fourth-order valence-electron chi connectivity index (χ4n) is 4.21. The molecule has 0 bridgehead atoms. The Kier molecular flexibility index (Phi) is 5.52. The monoisotopic (exact) mass is 372 g/mol. The summed E-state index contributed by atoms with van der Waals surface area (Å²) in [6.07, 6.45) is 4.66. The Hall–Kier alpha value is -2.94. The van der Waals surface area contributed by atoms with Crippen molar-refractivity contribution in [2.24, 2.45) is 5.92 Å². The van der Waals surface area contributed by atoms with E-state index in [0.717, 1.165) is 32.1 Å². The van der Waals surface area contributed by atoms with Gasteiger partial charge in [0.15, 0.2) is 0 Å². The lowest BCUT2D eigenvalue weighted by Gasteiger charge is -2.31. The van der Waals surface area contributed by atoms with Crippen molar-refractivity contribution in [2.45, 2.75) is 38.2 Å². The van der Waals surface area contributed by atoms with Crippen LogP contribution in [0.25, 0.3) is 10.8 Å². The molecule has 142 valence electrons. The van der Waals surface area contributed by atoms with Crippen LogP contribution in [0.4, 0.5) is 0 Å². The van der Waals surface area contributed by atoms with Crippen LogP contribution < -0.4 is 0 Å². The summed E-state index contributed by atoms with van der Waals surface area (Å²) in [5.74, 6) is -1.05. The van der Waals surface area contributed by atoms with Crippen LogP contribution in [0, 0.1) is 5.92 Å². The van der Waals surface area contributed by atoms with Gasteiger partial charge in [-0.25, -0.2) is 4.79 Å². The van der Waals surface area contributed by atoms with Crippen molar-refractivity contribution in [1.29, 1.82) is 0 Å². The molecular weight excluding hydrogens is 348 g/mol. The molecule has 2 atom stereocenters. The molecule has 1 saturated carbocycles. The first kappa shape index (κ1) is 18.4. The second-order valence-electron chi connectivity index (χ2n) is 7.53. The van der Waals surface area contributed by atoms with Crippen molar-refractivity contribution >= 4 is 22.5 Å². The van der Waals surface area contributed by atoms with Crippen molar-refractivity contribution in [2.75, 3.05) is 0 Å². The molecule has 0 N–H and O–H groups in total. The molecule has 28 heavy (non-hydrogen) atoms. The average molecular weight is 372 g/mol. The highest BCUT2D eigenvalue weighted by Crippen LogP contribution is 2.32. The van der Waals surface area contributed by atoms with Crippen molar-refractivity contribution in [3.05, 3.63) is 83.9 Å². The lowest BCUT2D eigenvalue weighted by Crippen LogP contribution is -2.34. The summed E-state index contributed by atoms with van der Waals surface area (Å²) >= 11 is 0. The van der Waals surface area contributed by atoms with Crippen LogP contribution in [0.5, 0.6) is 0 Å². The molecular formula is C25H24O3. The molecule has 0 heterocycles. The van der Waals surface area contributed by atoms with Gasteiger partial charge in [-0.2, -0.15) is 0 Å². The normalized spacial score (nSPS) is 19.3. The Morgan fingerprint density at radius 2 is 1.54 bits per heavy atom. The third-order valence-corrected chi connectivity index (χ3v) is 5.68. The third kappa shape index (κ3) is 3.99. The number of ketones is 1. The average Bonchev–Trinajstić information content (AvgIpc) is 2.75. The molecule has 1 aliphatic rings. The number of esters is 1. The third-order valence-electron chi connectivity index (χ3n) is 5.68. The van der Waals surface area contributed by atoms with Gasteiger partial charge in [0.25, 0.3) is 5.78 Å². The van der Waals surface area contributed by atoms with E-state index in [2.05, 4.69) is 36.4 Å². The van der Waals surface area contributed by atoms with E-state index in [1.807, 2.05) is 12.1 Å². The van der Waals surface area contributed by atoms with E-state index in [1.165, 1.54) is 16.3 Å². The first-order valence-corrected chi connectivity index (χ1v) is 9.99. The van der Waals surface area contributed by atoms with E-state index in [1.54, 1.807) is 24.3 Å². The summed E-state index contributed by atoms with van der Waals surface area (Å²) < 4.78 is 5.72. The Morgan fingerprint density at radius 1 is 0.821 bits per heavy atom. The summed E-state index contributed by atoms with van der Waals surface area (Å²) in [4.78, 5) is 24.8. The quantitative estimate of drug-likeness (QED) is 0.344. The molecule has 3 nitrogen and oxygen atoms in total.